The molecule has 2 atom stereocenters. The number of benzene rings is 2. The number of halogens is 5. The summed E-state index contributed by atoms with van der Waals surface area (Å²) in [6.45, 7) is 2.63. The van der Waals surface area contributed by atoms with Gasteiger partial charge in [-0.25, -0.2) is 17.7 Å². The maximum Gasteiger partial charge on any atom is 0.513 e. The number of para-hydroxylation sites is 1. The Hall–Kier alpha value is -2.65. The van der Waals surface area contributed by atoms with Gasteiger partial charge < -0.3 is 13.8 Å². The van der Waals surface area contributed by atoms with Gasteiger partial charge in [0.25, 0.3) is 0 Å². The van der Waals surface area contributed by atoms with E-state index in [4.69, 9.17) is 9.26 Å². The van der Waals surface area contributed by atoms with Gasteiger partial charge in [-0.3, -0.25) is 4.79 Å². The van der Waals surface area contributed by atoms with Crippen LogP contribution in [-0.4, -0.2) is 18.6 Å². The van der Waals surface area contributed by atoms with E-state index in [-0.39, 0.29) is 12.4 Å². The van der Waals surface area contributed by atoms with Crippen molar-refractivity contribution in [1.29, 1.82) is 0 Å². The molecule has 0 amide bonds. The van der Waals surface area contributed by atoms with Gasteiger partial charge in [-0.05, 0) is 26.0 Å². The first-order valence-corrected chi connectivity index (χ1v) is 9.64. The van der Waals surface area contributed by atoms with Crippen molar-refractivity contribution in [1.82, 2.24) is 5.09 Å². The van der Waals surface area contributed by atoms with E-state index < -0.39 is 54.6 Å². The van der Waals surface area contributed by atoms with Crippen LogP contribution >= 0.6 is 7.75 Å². The first kappa shape index (κ1) is 22.6. The molecule has 2 aromatic rings. The minimum Gasteiger partial charge on any atom is -0.465 e. The minimum absolute atomic E-state index is 0.0345. The number of carbonyl (C=O) groups excluding carboxylic acids is 1. The van der Waals surface area contributed by atoms with Gasteiger partial charge in [0.1, 0.15) is 11.8 Å². The summed E-state index contributed by atoms with van der Waals surface area (Å²) >= 11 is 0. The van der Waals surface area contributed by atoms with Gasteiger partial charge in [-0.1, -0.05) is 18.2 Å². The third-order valence-corrected chi connectivity index (χ3v) is 4.92. The van der Waals surface area contributed by atoms with Crippen molar-refractivity contribution in [2.45, 2.75) is 19.9 Å². The van der Waals surface area contributed by atoms with E-state index in [0.717, 1.165) is 0 Å². The van der Waals surface area contributed by atoms with Gasteiger partial charge in [0.2, 0.25) is 34.8 Å². The first-order valence-electron chi connectivity index (χ1n) is 8.09. The molecular weight excluding hydrogens is 424 g/mol. The molecular formula is C17H15F5NO5P. The van der Waals surface area contributed by atoms with E-state index in [2.05, 4.69) is 4.52 Å². The van der Waals surface area contributed by atoms with Crippen molar-refractivity contribution in [3.63, 3.8) is 0 Å². The molecule has 0 aliphatic carbocycles. The van der Waals surface area contributed by atoms with Crippen LogP contribution in [0.4, 0.5) is 22.0 Å². The summed E-state index contributed by atoms with van der Waals surface area (Å²) in [5, 5.41) is 2.05. The second kappa shape index (κ2) is 9.23. The smallest absolute Gasteiger partial charge is 0.465 e. The number of nitrogens with one attached hydrogen (secondary N) is 1. The third kappa shape index (κ3) is 5.24. The lowest BCUT2D eigenvalue weighted by Crippen LogP contribution is -2.36. The first-order chi connectivity index (χ1) is 13.6. The predicted molar refractivity (Wildman–Crippen MR) is 90.8 cm³/mol. The van der Waals surface area contributed by atoms with Crippen LogP contribution in [0, 0.1) is 29.1 Å². The predicted octanol–water partition coefficient (Wildman–Crippen LogP) is 4.49. The van der Waals surface area contributed by atoms with Crippen LogP contribution in [0.2, 0.25) is 0 Å². The molecule has 0 aliphatic rings. The van der Waals surface area contributed by atoms with Crippen molar-refractivity contribution < 1.29 is 45.1 Å². The number of hydrogen-bond donors (Lipinski definition) is 1. The highest BCUT2D eigenvalue weighted by Crippen LogP contribution is 2.47. The lowest BCUT2D eigenvalue weighted by Gasteiger charge is -2.23. The van der Waals surface area contributed by atoms with E-state index in [1.54, 1.807) is 6.07 Å². The Morgan fingerprint density at radius 1 is 0.966 bits per heavy atom. The standard InChI is InChI=1S/C17H15F5NO5P/c1-3-26-17(24)9(2)23-29(25,27-10-7-5-4-6-8-10)28-16-14(21)12(19)11(18)13(20)15(16)22/h4-9H,3H2,1-2H3,(H,23,25)/t9-,29+/m0/s1. The number of hydrogen-bond acceptors (Lipinski definition) is 5. The number of esters is 1. The molecule has 2 rings (SSSR count). The highest BCUT2D eigenvalue weighted by atomic mass is 31.2. The monoisotopic (exact) mass is 439 g/mol. The Morgan fingerprint density at radius 2 is 1.48 bits per heavy atom. The Labute approximate surface area is 162 Å². The molecule has 158 valence electrons. The average Bonchev–Trinajstić information content (AvgIpc) is 2.69. The maximum atomic E-state index is 13.9. The molecule has 1 N–H and O–H groups in total. The molecule has 0 radical (unpaired) electrons. The minimum atomic E-state index is -4.89. The summed E-state index contributed by atoms with van der Waals surface area (Å²) in [6.07, 6.45) is 0. The summed E-state index contributed by atoms with van der Waals surface area (Å²) in [6, 6.07) is 5.65. The zero-order valence-electron chi connectivity index (χ0n) is 15.0. The highest BCUT2D eigenvalue weighted by Gasteiger charge is 2.38. The molecule has 0 fully saturated rings. The zero-order chi connectivity index (χ0) is 21.8. The van der Waals surface area contributed by atoms with Gasteiger partial charge in [-0.15, -0.1) is 0 Å². The summed E-state index contributed by atoms with van der Waals surface area (Å²) in [5.41, 5.74) is 0. The van der Waals surface area contributed by atoms with Gasteiger partial charge in [0.15, 0.2) is 0 Å². The maximum absolute atomic E-state index is 13.9. The van der Waals surface area contributed by atoms with Crippen LogP contribution in [0.3, 0.4) is 0 Å². The van der Waals surface area contributed by atoms with Crippen molar-refractivity contribution in [2.75, 3.05) is 6.61 Å². The second-order valence-electron chi connectivity index (χ2n) is 5.49. The van der Waals surface area contributed by atoms with Crippen molar-refractivity contribution in [2.24, 2.45) is 0 Å². The van der Waals surface area contributed by atoms with Crippen molar-refractivity contribution >= 4 is 13.7 Å². The fourth-order valence-corrected chi connectivity index (χ4v) is 3.56. The molecule has 0 aromatic heterocycles. The molecule has 0 saturated heterocycles. The van der Waals surface area contributed by atoms with Crippen LogP contribution in [0.15, 0.2) is 30.3 Å². The number of ether oxygens (including phenoxy) is 1. The highest BCUT2D eigenvalue weighted by molar-refractivity contribution is 7.52. The number of rotatable bonds is 8. The molecule has 0 aliphatic heterocycles. The van der Waals surface area contributed by atoms with Gasteiger partial charge in [0, 0.05) is 0 Å². The molecule has 0 unspecified atom stereocenters. The third-order valence-electron chi connectivity index (χ3n) is 3.34. The molecule has 2 aromatic carbocycles. The summed E-state index contributed by atoms with van der Waals surface area (Å²) in [5.74, 6) is -14.6. The zero-order valence-corrected chi connectivity index (χ0v) is 15.9. The van der Waals surface area contributed by atoms with Crippen LogP contribution in [0.5, 0.6) is 11.5 Å². The van der Waals surface area contributed by atoms with Gasteiger partial charge in [0.05, 0.1) is 6.61 Å². The van der Waals surface area contributed by atoms with E-state index in [1.165, 1.54) is 38.1 Å². The van der Waals surface area contributed by atoms with E-state index in [9.17, 15) is 31.3 Å². The molecule has 0 bridgehead atoms. The van der Waals surface area contributed by atoms with Crippen LogP contribution in [0.1, 0.15) is 13.8 Å². The molecule has 0 saturated carbocycles. The summed E-state index contributed by atoms with van der Waals surface area (Å²) in [7, 11) is -4.89. The van der Waals surface area contributed by atoms with Crippen molar-refractivity contribution in [3.05, 3.63) is 59.4 Å². The Morgan fingerprint density at radius 3 is 2.00 bits per heavy atom. The summed E-state index contributed by atoms with van der Waals surface area (Å²) in [4.78, 5) is 11.8. The Bertz CT molecular complexity index is 915. The topological polar surface area (TPSA) is 73.9 Å². The lowest BCUT2D eigenvalue weighted by molar-refractivity contribution is -0.144. The average molecular weight is 439 g/mol. The van der Waals surface area contributed by atoms with Gasteiger partial charge >= 0.3 is 13.7 Å². The fraction of sp³-hybridized carbons (Fsp3) is 0.235. The second-order valence-corrected chi connectivity index (χ2v) is 7.11. The fourth-order valence-electron chi connectivity index (χ4n) is 2.03. The Balaban J connectivity index is 2.46. The SMILES string of the molecule is CCOC(=O)[C@H](C)N[P@@](=O)(Oc1ccccc1)Oc1c(F)c(F)c(F)c(F)c1F. The normalized spacial score (nSPS) is 14.0. The van der Waals surface area contributed by atoms with E-state index in [0.29, 0.717) is 0 Å². The van der Waals surface area contributed by atoms with E-state index in [1.807, 2.05) is 5.09 Å². The molecule has 12 heteroatoms. The molecule has 6 nitrogen and oxygen atoms in total. The molecule has 0 heterocycles. The van der Waals surface area contributed by atoms with E-state index >= 15 is 0 Å². The summed E-state index contributed by atoms with van der Waals surface area (Å²) < 4.78 is 95.4. The lowest BCUT2D eigenvalue weighted by atomic mass is 10.3. The van der Waals surface area contributed by atoms with Gasteiger partial charge in [-0.2, -0.15) is 13.9 Å². The van der Waals surface area contributed by atoms with Crippen LogP contribution in [-0.2, 0) is 14.1 Å². The Kier molecular flexibility index (Phi) is 7.21. The molecule has 29 heavy (non-hydrogen) atoms. The quantitative estimate of drug-likeness (QED) is 0.215. The largest absolute Gasteiger partial charge is 0.513 e. The van der Waals surface area contributed by atoms with Crippen LogP contribution < -0.4 is 14.1 Å². The number of carbonyl (C=O) groups is 1. The van der Waals surface area contributed by atoms with Crippen LogP contribution in [0.25, 0.3) is 0 Å². The van der Waals surface area contributed by atoms with Crippen molar-refractivity contribution in [3.8, 4) is 11.5 Å². The molecule has 0 spiro atoms.